The van der Waals surface area contributed by atoms with Crippen LogP contribution in [0.3, 0.4) is 0 Å². The minimum absolute atomic E-state index is 0.117. The molecule has 3 nitrogen and oxygen atoms in total. The molecule has 52 heavy (non-hydrogen) atoms. The Morgan fingerprint density at radius 2 is 0.962 bits per heavy atom. The highest BCUT2D eigenvalue weighted by Crippen LogP contribution is 2.58. The zero-order valence-corrected chi connectivity index (χ0v) is 29.1. The second kappa shape index (κ2) is 11.8. The molecule has 0 saturated carbocycles. The van der Waals surface area contributed by atoms with Crippen LogP contribution >= 0.6 is 0 Å². The molecule has 0 aliphatic heterocycles. The zero-order valence-electron chi connectivity index (χ0n) is 29.1. The van der Waals surface area contributed by atoms with E-state index in [-0.39, 0.29) is 11.3 Å². The Labute approximate surface area is 304 Å². The van der Waals surface area contributed by atoms with E-state index in [1.54, 1.807) is 0 Å². The van der Waals surface area contributed by atoms with Crippen molar-refractivity contribution in [3.63, 3.8) is 0 Å². The van der Waals surface area contributed by atoms with Crippen molar-refractivity contribution >= 4 is 0 Å². The van der Waals surface area contributed by atoms with Crippen LogP contribution in [0.25, 0.3) is 67.3 Å². The van der Waals surface area contributed by atoms with Crippen molar-refractivity contribution in [1.29, 1.82) is 0 Å². The van der Waals surface area contributed by atoms with Crippen LogP contribution in [0.15, 0.2) is 170 Å². The lowest BCUT2D eigenvalue weighted by molar-refractivity contribution is 0.660. The van der Waals surface area contributed by atoms with Crippen LogP contribution in [0.1, 0.15) is 47.8 Å². The largest absolute Gasteiger partial charge is 0.212 e. The van der Waals surface area contributed by atoms with Gasteiger partial charge < -0.3 is 0 Å². The molecule has 1 atom stereocenters. The summed E-state index contributed by atoms with van der Waals surface area (Å²) in [5.41, 5.74) is 16.8. The van der Waals surface area contributed by atoms with E-state index < -0.39 is 0 Å². The molecule has 246 valence electrons. The molecule has 0 bridgehead atoms. The monoisotopic (exact) mass is 665 g/mol. The van der Waals surface area contributed by atoms with Gasteiger partial charge in [0.2, 0.25) is 0 Å². The molecule has 0 N–H and O–H groups in total. The van der Waals surface area contributed by atoms with Gasteiger partial charge in [-0.3, -0.25) is 0 Å². The molecule has 8 aromatic rings. The molecular weight excluding hydrogens is 631 g/mol. The molecule has 1 unspecified atom stereocenters. The van der Waals surface area contributed by atoms with Gasteiger partial charge >= 0.3 is 0 Å². The number of aromatic nitrogens is 3. The van der Waals surface area contributed by atoms with Crippen LogP contribution in [0.2, 0.25) is 0 Å². The Hall–Kier alpha value is -6.45. The number of benzene rings is 7. The van der Waals surface area contributed by atoms with E-state index >= 15 is 0 Å². The molecule has 0 amide bonds. The Morgan fingerprint density at radius 1 is 0.404 bits per heavy atom. The van der Waals surface area contributed by atoms with E-state index in [4.69, 9.17) is 15.0 Å². The van der Waals surface area contributed by atoms with Crippen LogP contribution in [0.4, 0.5) is 0 Å². The fourth-order valence-corrected chi connectivity index (χ4v) is 8.46. The van der Waals surface area contributed by atoms with Crippen LogP contribution < -0.4 is 0 Å². The molecule has 1 heterocycles. The summed E-state index contributed by atoms with van der Waals surface area (Å²) in [6.07, 6.45) is 0. The van der Waals surface area contributed by atoms with Gasteiger partial charge in [0.05, 0.1) is 5.92 Å². The van der Waals surface area contributed by atoms with Crippen molar-refractivity contribution in [3.8, 4) is 67.3 Å². The third-order valence-corrected chi connectivity index (χ3v) is 11.0. The fraction of sp³-hybridized carbons (Fsp3) is 0.0816. The number of hydrogen-bond donors (Lipinski definition) is 0. The Balaban J connectivity index is 1.20. The minimum atomic E-state index is -0.162. The van der Waals surface area contributed by atoms with Gasteiger partial charge in [-0.25, -0.2) is 15.0 Å². The zero-order chi connectivity index (χ0) is 34.8. The minimum Gasteiger partial charge on any atom is -0.212 e. The molecule has 10 rings (SSSR count). The molecule has 1 aromatic heterocycles. The van der Waals surface area contributed by atoms with E-state index in [2.05, 4.69) is 178 Å². The van der Waals surface area contributed by atoms with Crippen LogP contribution in [-0.2, 0) is 5.41 Å². The Bertz CT molecular complexity index is 2640. The molecule has 0 radical (unpaired) electrons. The normalized spacial score (nSPS) is 14.7. The maximum absolute atomic E-state index is 5.40. The molecule has 7 aromatic carbocycles. The lowest BCUT2D eigenvalue weighted by Crippen LogP contribution is -2.15. The predicted octanol–water partition coefficient (Wildman–Crippen LogP) is 12.0. The van der Waals surface area contributed by atoms with Gasteiger partial charge in [0.25, 0.3) is 0 Å². The van der Waals surface area contributed by atoms with Gasteiger partial charge in [-0.05, 0) is 72.8 Å². The first-order chi connectivity index (χ1) is 25.5. The number of fused-ring (bicyclic) bond motifs is 7. The maximum Gasteiger partial charge on any atom is 0.163 e. The molecule has 3 heteroatoms. The van der Waals surface area contributed by atoms with Gasteiger partial charge in [-0.1, -0.05) is 178 Å². The first kappa shape index (κ1) is 30.4. The van der Waals surface area contributed by atoms with Crippen molar-refractivity contribution in [1.82, 2.24) is 15.0 Å². The molecule has 0 saturated heterocycles. The maximum atomic E-state index is 5.40. The van der Waals surface area contributed by atoms with E-state index in [9.17, 15) is 0 Å². The summed E-state index contributed by atoms with van der Waals surface area (Å²) in [4.78, 5) is 16.0. The lowest BCUT2D eigenvalue weighted by atomic mass is 9.81. The summed E-state index contributed by atoms with van der Waals surface area (Å²) < 4.78 is 0. The van der Waals surface area contributed by atoms with Gasteiger partial charge in [0.1, 0.15) is 5.82 Å². The third kappa shape index (κ3) is 4.77. The number of rotatable bonds is 5. The number of nitrogens with zero attached hydrogens (tertiary/aromatic N) is 3. The Morgan fingerprint density at radius 3 is 1.71 bits per heavy atom. The van der Waals surface area contributed by atoms with E-state index in [1.165, 1.54) is 50.1 Å². The summed E-state index contributed by atoms with van der Waals surface area (Å²) in [7, 11) is 0. The number of hydrogen-bond acceptors (Lipinski definition) is 3. The van der Waals surface area contributed by atoms with Crippen molar-refractivity contribution in [2.45, 2.75) is 25.2 Å². The van der Waals surface area contributed by atoms with E-state index in [1.807, 2.05) is 6.07 Å². The highest BCUT2D eigenvalue weighted by Gasteiger charge is 2.42. The second-order valence-corrected chi connectivity index (χ2v) is 14.4. The van der Waals surface area contributed by atoms with Crippen molar-refractivity contribution in [2.75, 3.05) is 0 Å². The van der Waals surface area contributed by atoms with Gasteiger partial charge in [-0.2, -0.15) is 0 Å². The van der Waals surface area contributed by atoms with Gasteiger partial charge in [0.15, 0.2) is 11.6 Å². The average Bonchev–Trinajstić information content (AvgIpc) is 3.67. The summed E-state index contributed by atoms with van der Waals surface area (Å²) in [5, 5.41) is 0. The smallest absolute Gasteiger partial charge is 0.163 e. The van der Waals surface area contributed by atoms with Crippen LogP contribution in [0, 0.1) is 0 Å². The van der Waals surface area contributed by atoms with Crippen LogP contribution in [-0.4, -0.2) is 15.0 Å². The van der Waals surface area contributed by atoms with Crippen molar-refractivity contribution in [3.05, 3.63) is 198 Å². The summed E-state index contributed by atoms with van der Waals surface area (Å²) in [6, 6.07) is 60.5. The van der Waals surface area contributed by atoms with E-state index in [0.717, 1.165) is 33.6 Å². The van der Waals surface area contributed by atoms with Crippen molar-refractivity contribution in [2.24, 2.45) is 0 Å². The van der Waals surface area contributed by atoms with Crippen molar-refractivity contribution < 1.29 is 0 Å². The SMILES string of the molecule is CC1(C)c2ccccc2-c2c1ccc1c2C(c2nc(-c3ccc(-c4ccccc4)cc3)nc(-c3cccc(-c4ccccc4)c3)n2)c2ccccc2-1. The van der Waals surface area contributed by atoms with E-state index in [0.29, 0.717) is 11.6 Å². The fourth-order valence-electron chi connectivity index (χ4n) is 8.46. The van der Waals surface area contributed by atoms with Gasteiger partial charge in [-0.15, -0.1) is 0 Å². The highest BCUT2D eigenvalue weighted by molar-refractivity contribution is 5.93. The Kier molecular flexibility index (Phi) is 6.91. The average molecular weight is 666 g/mol. The first-order valence-electron chi connectivity index (χ1n) is 18.0. The molecule has 0 spiro atoms. The second-order valence-electron chi connectivity index (χ2n) is 14.4. The standard InChI is InChI=1S/C49H35N3/c1-49(2)41-23-12-11-22-40(41)43-42(49)29-28-39-37-20-9-10-21-38(37)45(44(39)43)48-51-46(34-26-24-33(25-27-34)31-14-5-3-6-15-31)50-47(52-48)36-19-13-18-35(30-36)32-16-7-4-8-17-32/h3-30,45H,1-2H3. The summed E-state index contributed by atoms with van der Waals surface area (Å²) in [6.45, 7) is 4.69. The molecular formula is C49H35N3. The molecule has 0 fully saturated rings. The summed E-state index contributed by atoms with van der Waals surface area (Å²) in [5.74, 6) is 1.94. The first-order valence-corrected chi connectivity index (χ1v) is 18.0. The van der Waals surface area contributed by atoms with Crippen LogP contribution in [0.5, 0.6) is 0 Å². The molecule has 2 aliphatic rings. The lowest BCUT2D eigenvalue weighted by Gasteiger charge is -2.22. The summed E-state index contributed by atoms with van der Waals surface area (Å²) >= 11 is 0. The highest BCUT2D eigenvalue weighted by atomic mass is 15.0. The third-order valence-electron chi connectivity index (χ3n) is 11.0. The van der Waals surface area contributed by atoms with Gasteiger partial charge in [0, 0.05) is 16.5 Å². The predicted molar refractivity (Wildman–Crippen MR) is 212 cm³/mol. The topological polar surface area (TPSA) is 38.7 Å². The quantitative estimate of drug-likeness (QED) is 0.184. The molecule has 2 aliphatic carbocycles.